The molecule has 8 heteroatoms. The SMILES string of the molecule is CCC(C(=O)NCCSC1CCCC1)N(c1cccc(OC)c1)S(C)(=O)=O. The fourth-order valence-corrected chi connectivity index (χ4v) is 5.80. The van der Waals surface area contributed by atoms with Gasteiger partial charge in [-0.25, -0.2) is 8.42 Å². The molecule has 0 aliphatic heterocycles. The normalized spacial score (nSPS) is 16.1. The van der Waals surface area contributed by atoms with Crippen molar-refractivity contribution in [3.8, 4) is 5.75 Å². The number of thioether (sulfide) groups is 1. The molecule has 1 aliphatic carbocycles. The van der Waals surface area contributed by atoms with E-state index in [2.05, 4.69) is 5.32 Å². The largest absolute Gasteiger partial charge is 0.497 e. The van der Waals surface area contributed by atoms with Gasteiger partial charge in [0.05, 0.1) is 19.1 Å². The predicted octanol–water partition coefficient (Wildman–Crippen LogP) is 3.03. The van der Waals surface area contributed by atoms with Crippen molar-refractivity contribution in [1.82, 2.24) is 5.32 Å². The number of rotatable bonds is 10. The van der Waals surface area contributed by atoms with Gasteiger partial charge in [0.25, 0.3) is 0 Å². The van der Waals surface area contributed by atoms with Crippen molar-refractivity contribution in [3.05, 3.63) is 24.3 Å². The lowest BCUT2D eigenvalue weighted by atomic mass is 10.2. The van der Waals surface area contributed by atoms with E-state index in [9.17, 15) is 13.2 Å². The monoisotopic (exact) mass is 414 g/mol. The lowest BCUT2D eigenvalue weighted by Crippen LogP contribution is -2.49. The van der Waals surface area contributed by atoms with Gasteiger partial charge in [-0.15, -0.1) is 0 Å². The molecule has 1 aliphatic rings. The van der Waals surface area contributed by atoms with Gasteiger partial charge in [0.2, 0.25) is 15.9 Å². The molecule has 1 fully saturated rings. The number of benzene rings is 1. The van der Waals surface area contributed by atoms with Crippen LogP contribution in [0.1, 0.15) is 39.0 Å². The fourth-order valence-electron chi connectivity index (χ4n) is 3.38. The zero-order chi connectivity index (χ0) is 19.9. The number of ether oxygens (including phenoxy) is 1. The number of hydrogen-bond donors (Lipinski definition) is 1. The van der Waals surface area contributed by atoms with E-state index in [-0.39, 0.29) is 5.91 Å². The van der Waals surface area contributed by atoms with Gasteiger partial charge in [-0.2, -0.15) is 11.8 Å². The predicted molar refractivity (Wildman–Crippen MR) is 112 cm³/mol. The molecule has 0 radical (unpaired) electrons. The topological polar surface area (TPSA) is 75.7 Å². The van der Waals surface area contributed by atoms with Gasteiger partial charge in [-0.1, -0.05) is 25.8 Å². The smallest absolute Gasteiger partial charge is 0.243 e. The molecule has 1 saturated carbocycles. The maximum Gasteiger partial charge on any atom is 0.243 e. The first kappa shape index (κ1) is 21.9. The standard InChI is InChI=1S/C19H30N2O4S2/c1-4-18(19(22)20-12-13-26-17-10-5-6-11-17)21(27(3,23)24)15-8-7-9-16(14-15)25-2/h7-9,14,17-18H,4-6,10-13H2,1-3H3,(H,20,22). The number of anilines is 1. The molecule has 0 saturated heterocycles. The Hall–Kier alpha value is -1.41. The summed E-state index contributed by atoms with van der Waals surface area (Å²) in [4.78, 5) is 12.7. The molecule has 0 heterocycles. The Morgan fingerprint density at radius 3 is 2.67 bits per heavy atom. The van der Waals surface area contributed by atoms with Crippen molar-refractivity contribution < 1.29 is 17.9 Å². The van der Waals surface area contributed by atoms with Crippen LogP contribution in [0.15, 0.2) is 24.3 Å². The van der Waals surface area contributed by atoms with Gasteiger partial charge in [-0.05, 0) is 31.4 Å². The summed E-state index contributed by atoms with van der Waals surface area (Å²) in [5.41, 5.74) is 0.430. The third-order valence-corrected chi connectivity index (χ3v) is 7.26. The summed E-state index contributed by atoms with van der Waals surface area (Å²) in [6.07, 6.45) is 6.61. The van der Waals surface area contributed by atoms with E-state index in [1.165, 1.54) is 37.1 Å². The van der Waals surface area contributed by atoms with Crippen LogP contribution >= 0.6 is 11.8 Å². The average molecular weight is 415 g/mol. The number of amides is 1. The average Bonchev–Trinajstić information content (AvgIpc) is 3.15. The summed E-state index contributed by atoms with van der Waals surface area (Å²) < 4.78 is 31.3. The Balaban J connectivity index is 2.05. The zero-order valence-corrected chi connectivity index (χ0v) is 17.9. The minimum atomic E-state index is -3.63. The summed E-state index contributed by atoms with van der Waals surface area (Å²) in [6, 6.07) is 5.98. The molecule has 27 heavy (non-hydrogen) atoms. The molecule has 1 N–H and O–H groups in total. The van der Waals surface area contributed by atoms with Gasteiger partial charge in [0.15, 0.2) is 0 Å². The Labute approximate surface area is 167 Å². The molecule has 1 amide bonds. The fraction of sp³-hybridized carbons (Fsp3) is 0.632. The Bertz CT molecular complexity index is 718. The van der Waals surface area contributed by atoms with Crippen molar-refractivity contribution in [2.24, 2.45) is 0 Å². The molecule has 1 aromatic carbocycles. The van der Waals surface area contributed by atoms with Crippen LogP contribution in [0.5, 0.6) is 5.75 Å². The summed E-state index contributed by atoms with van der Waals surface area (Å²) in [6.45, 7) is 2.36. The van der Waals surface area contributed by atoms with Crippen molar-refractivity contribution in [3.63, 3.8) is 0 Å². The van der Waals surface area contributed by atoms with Crippen LogP contribution in [-0.4, -0.2) is 51.3 Å². The summed E-state index contributed by atoms with van der Waals surface area (Å²) >= 11 is 1.90. The number of nitrogens with one attached hydrogen (secondary N) is 1. The quantitative estimate of drug-likeness (QED) is 0.596. The van der Waals surface area contributed by atoms with Gasteiger partial charge in [0, 0.05) is 23.6 Å². The second kappa shape index (κ2) is 10.2. The van der Waals surface area contributed by atoms with Gasteiger partial charge in [-0.3, -0.25) is 9.10 Å². The van der Waals surface area contributed by atoms with Gasteiger partial charge in [0.1, 0.15) is 11.8 Å². The molecule has 2 rings (SSSR count). The van der Waals surface area contributed by atoms with Crippen LogP contribution in [-0.2, 0) is 14.8 Å². The van der Waals surface area contributed by atoms with E-state index in [4.69, 9.17) is 4.74 Å². The van der Waals surface area contributed by atoms with Gasteiger partial charge < -0.3 is 10.1 Å². The highest BCUT2D eigenvalue weighted by atomic mass is 32.2. The highest BCUT2D eigenvalue weighted by Gasteiger charge is 2.31. The van der Waals surface area contributed by atoms with Crippen LogP contribution in [0.4, 0.5) is 5.69 Å². The van der Waals surface area contributed by atoms with Crippen LogP contribution < -0.4 is 14.4 Å². The van der Waals surface area contributed by atoms with E-state index in [1.807, 2.05) is 18.7 Å². The first-order chi connectivity index (χ1) is 12.9. The molecule has 6 nitrogen and oxygen atoms in total. The number of carbonyl (C=O) groups is 1. The second-order valence-corrected chi connectivity index (χ2v) is 10.0. The molecule has 0 aromatic heterocycles. The van der Waals surface area contributed by atoms with E-state index >= 15 is 0 Å². The molecule has 1 atom stereocenters. The third-order valence-electron chi connectivity index (χ3n) is 4.69. The molecule has 1 unspecified atom stereocenters. The molecular weight excluding hydrogens is 384 g/mol. The number of carbonyl (C=O) groups excluding carboxylic acids is 1. The van der Waals surface area contributed by atoms with Crippen LogP contribution in [0.25, 0.3) is 0 Å². The number of methoxy groups -OCH3 is 1. The Morgan fingerprint density at radius 2 is 2.07 bits per heavy atom. The highest BCUT2D eigenvalue weighted by Crippen LogP contribution is 2.29. The molecule has 152 valence electrons. The first-order valence-corrected chi connectivity index (χ1v) is 12.3. The summed E-state index contributed by atoms with van der Waals surface area (Å²) in [5.74, 6) is 1.13. The first-order valence-electron chi connectivity index (χ1n) is 9.39. The Morgan fingerprint density at radius 1 is 1.37 bits per heavy atom. The van der Waals surface area contributed by atoms with E-state index in [0.717, 1.165) is 12.0 Å². The van der Waals surface area contributed by atoms with Crippen molar-refractivity contribution in [1.29, 1.82) is 0 Å². The minimum absolute atomic E-state index is 0.266. The number of sulfonamides is 1. The van der Waals surface area contributed by atoms with Crippen LogP contribution in [0.3, 0.4) is 0 Å². The third kappa shape index (κ3) is 6.31. The number of hydrogen-bond acceptors (Lipinski definition) is 5. The molecule has 0 bridgehead atoms. The molecule has 0 spiro atoms. The highest BCUT2D eigenvalue weighted by molar-refractivity contribution is 7.99. The maximum absolute atomic E-state index is 12.7. The zero-order valence-electron chi connectivity index (χ0n) is 16.3. The van der Waals surface area contributed by atoms with Crippen molar-refractivity contribution in [2.75, 3.05) is 30.0 Å². The van der Waals surface area contributed by atoms with Crippen molar-refractivity contribution >= 4 is 33.4 Å². The molecule has 1 aromatic rings. The second-order valence-electron chi connectivity index (χ2n) is 6.75. The van der Waals surface area contributed by atoms with E-state index < -0.39 is 16.1 Å². The van der Waals surface area contributed by atoms with E-state index in [1.54, 1.807) is 24.3 Å². The Kier molecular flexibility index (Phi) is 8.28. The van der Waals surface area contributed by atoms with Crippen molar-refractivity contribution in [2.45, 2.75) is 50.3 Å². The minimum Gasteiger partial charge on any atom is -0.497 e. The van der Waals surface area contributed by atoms with Crippen LogP contribution in [0, 0.1) is 0 Å². The molecular formula is C19H30N2O4S2. The maximum atomic E-state index is 12.7. The summed E-state index contributed by atoms with van der Waals surface area (Å²) in [5, 5.41) is 3.61. The van der Waals surface area contributed by atoms with Gasteiger partial charge >= 0.3 is 0 Å². The van der Waals surface area contributed by atoms with E-state index in [0.29, 0.717) is 29.7 Å². The lowest BCUT2D eigenvalue weighted by molar-refractivity contribution is -0.122. The van der Waals surface area contributed by atoms with Crippen LogP contribution in [0.2, 0.25) is 0 Å². The summed E-state index contributed by atoms with van der Waals surface area (Å²) in [7, 11) is -2.11. The number of nitrogens with zero attached hydrogens (tertiary/aromatic N) is 1. The lowest BCUT2D eigenvalue weighted by Gasteiger charge is -2.30.